The van der Waals surface area contributed by atoms with Gasteiger partial charge in [-0.05, 0) is 43.0 Å². The van der Waals surface area contributed by atoms with E-state index < -0.39 is 11.4 Å². The summed E-state index contributed by atoms with van der Waals surface area (Å²) in [6.45, 7) is 2.41. The Kier molecular flexibility index (Phi) is 3.94. The van der Waals surface area contributed by atoms with Crippen LogP contribution >= 0.6 is 15.9 Å². The molecule has 1 aromatic carbocycles. The topological polar surface area (TPSA) is 55.4 Å². The molecule has 1 N–H and O–H groups in total. The molecule has 1 aromatic rings. The van der Waals surface area contributed by atoms with E-state index >= 15 is 0 Å². The number of hydrogen-bond acceptors (Lipinski definition) is 3. The van der Waals surface area contributed by atoms with Gasteiger partial charge in [0.1, 0.15) is 5.41 Å². The normalized spacial score (nSPS) is 15.7. The van der Waals surface area contributed by atoms with E-state index in [1.807, 2.05) is 25.1 Å². The third-order valence-corrected chi connectivity index (χ3v) is 4.00. The first-order valence-electron chi connectivity index (χ1n) is 6.11. The molecule has 5 heteroatoms. The summed E-state index contributed by atoms with van der Waals surface area (Å²) in [5, 5.41) is 2.82. The lowest BCUT2D eigenvalue weighted by Crippen LogP contribution is -2.37. The van der Waals surface area contributed by atoms with Crippen molar-refractivity contribution in [1.29, 1.82) is 0 Å². The molecular formula is C14H16BrNO3. The molecule has 4 nitrogen and oxygen atoms in total. The van der Waals surface area contributed by atoms with Gasteiger partial charge in [0, 0.05) is 11.0 Å². The number of halogens is 1. The van der Waals surface area contributed by atoms with E-state index in [1.165, 1.54) is 7.11 Å². The minimum Gasteiger partial charge on any atom is -0.468 e. The van der Waals surface area contributed by atoms with Crippen molar-refractivity contribution >= 4 is 27.8 Å². The first-order chi connectivity index (χ1) is 8.99. The number of esters is 1. The van der Waals surface area contributed by atoms with Crippen LogP contribution in [-0.2, 0) is 20.9 Å². The summed E-state index contributed by atoms with van der Waals surface area (Å²) >= 11 is 3.40. The highest BCUT2D eigenvalue weighted by Gasteiger charge is 2.57. The predicted octanol–water partition coefficient (Wildman–Crippen LogP) is 2.33. The number of nitrogens with one attached hydrogen (secondary N) is 1. The van der Waals surface area contributed by atoms with E-state index in [-0.39, 0.29) is 5.91 Å². The number of methoxy groups -OCH3 is 1. The lowest BCUT2D eigenvalue weighted by Gasteiger charge is -2.14. The Hall–Kier alpha value is -1.36. The summed E-state index contributed by atoms with van der Waals surface area (Å²) in [4.78, 5) is 23.7. The summed E-state index contributed by atoms with van der Waals surface area (Å²) in [7, 11) is 1.31. The molecule has 1 aliphatic carbocycles. The Balaban J connectivity index is 2.01. The molecule has 0 atom stereocenters. The van der Waals surface area contributed by atoms with Crippen molar-refractivity contribution in [2.24, 2.45) is 5.41 Å². The molecule has 0 unspecified atom stereocenters. The molecule has 0 heterocycles. The molecule has 1 saturated carbocycles. The number of carbonyl (C=O) groups excluding carboxylic acids is 2. The molecule has 0 radical (unpaired) electrons. The van der Waals surface area contributed by atoms with Gasteiger partial charge in [-0.2, -0.15) is 0 Å². The minimum absolute atomic E-state index is 0.237. The molecule has 0 bridgehead atoms. The maximum absolute atomic E-state index is 12.1. The van der Waals surface area contributed by atoms with Gasteiger partial charge >= 0.3 is 5.97 Å². The molecule has 1 amide bonds. The van der Waals surface area contributed by atoms with E-state index in [2.05, 4.69) is 26.0 Å². The Bertz CT molecular complexity index is 523. The van der Waals surface area contributed by atoms with Crippen molar-refractivity contribution in [3.8, 4) is 0 Å². The number of benzene rings is 1. The largest absolute Gasteiger partial charge is 0.468 e. The monoisotopic (exact) mass is 325 g/mol. The fraction of sp³-hybridized carbons (Fsp3) is 0.429. The molecule has 2 rings (SSSR count). The van der Waals surface area contributed by atoms with Crippen LogP contribution in [0, 0.1) is 12.3 Å². The molecule has 1 aliphatic rings. The summed E-state index contributed by atoms with van der Waals surface area (Å²) in [6.07, 6.45) is 1.14. The van der Waals surface area contributed by atoms with E-state index in [0.717, 1.165) is 15.6 Å². The van der Waals surface area contributed by atoms with Gasteiger partial charge in [0.15, 0.2) is 0 Å². The standard InChI is InChI=1S/C14H16BrNO3/c1-9-3-4-11(15)7-10(9)8-16-12(17)14(5-6-14)13(18)19-2/h3-4,7H,5-6,8H2,1-2H3,(H,16,17). The molecule has 0 saturated heterocycles. The molecular weight excluding hydrogens is 310 g/mol. The summed E-state index contributed by atoms with van der Waals surface area (Å²) in [5.41, 5.74) is 1.20. The van der Waals surface area contributed by atoms with Crippen LogP contribution in [0.25, 0.3) is 0 Å². The Morgan fingerprint density at radius 3 is 2.68 bits per heavy atom. The van der Waals surface area contributed by atoms with Gasteiger partial charge in [0.2, 0.25) is 5.91 Å². The number of carbonyl (C=O) groups is 2. The van der Waals surface area contributed by atoms with Crippen LogP contribution in [0.1, 0.15) is 24.0 Å². The Morgan fingerprint density at radius 1 is 1.42 bits per heavy atom. The third-order valence-electron chi connectivity index (χ3n) is 3.51. The third kappa shape index (κ3) is 2.81. The van der Waals surface area contributed by atoms with Crippen LogP contribution in [0.5, 0.6) is 0 Å². The van der Waals surface area contributed by atoms with Gasteiger partial charge in [-0.25, -0.2) is 0 Å². The SMILES string of the molecule is COC(=O)C1(C(=O)NCc2cc(Br)ccc2C)CC1. The Morgan fingerprint density at radius 2 is 2.11 bits per heavy atom. The van der Waals surface area contributed by atoms with Crippen LogP contribution in [0.3, 0.4) is 0 Å². The van der Waals surface area contributed by atoms with Crippen LogP contribution in [0.2, 0.25) is 0 Å². The van der Waals surface area contributed by atoms with Gasteiger partial charge in [0.25, 0.3) is 0 Å². The van der Waals surface area contributed by atoms with Gasteiger partial charge in [-0.1, -0.05) is 22.0 Å². The van der Waals surface area contributed by atoms with Crippen molar-refractivity contribution in [3.63, 3.8) is 0 Å². The van der Waals surface area contributed by atoms with Crippen molar-refractivity contribution in [2.75, 3.05) is 7.11 Å². The summed E-state index contributed by atoms with van der Waals surface area (Å²) < 4.78 is 5.66. The number of rotatable bonds is 4. The van der Waals surface area contributed by atoms with Crippen molar-refractivity contribution in [3.05, 3.63) is 33.8 Å². The van der Waals surface area contributed by atoms with E-state index in [0.29, 0.717) is 19.4 Å². The van der Waals surface area contributed by atoms with Gasteiger partial charge in [-0.3, -0.25) is 9.59 Å². The average Bonchev–Trinajstić information content (AvgIpc) is 3.20. The first-order valence-corrected chi connectivity index (χ1v) is 6.90. The lowest BCUT2D eigenvalue weighted by atomic mass is 10.1. The van der Waals surface area contributed by atoms with Crippen LogP contribution in [0.4, 0.5) is 0 Å². The zero-order valence-corrected chi connectivity index (χ0v) is 12.5. The van der Waals surface area contributed by atoms with Crippen LogP contribution < -0.4 is 5.32 Å². The second-order valence-corrected chi connectivity index (χ2v) is 5.74. The maximum atomic E-state index is 12.1. The highest BCUT2D eigenvalue weighted by atomic mass is 79.9. The van der Waals surface area contributed by atoms with Crippen LogP contribution in [-0.4, -0.2) is 19.0 Å². The van der Waals surface area contributed by atoms with Crippen molar-refractivity contribution in [1.82, 2.24) is 5.32 Å². The molecule has 0 spiro atoms. The molecule has 0 aromatic heterocycles. The van der Waals surface area contributed by atoms with Gasteiger partial charge in [0.05, 0.1) is 7.11 Å². The predicted molar refractivity (Wildman–Crippen MR) is 74.4 cm³/mol. The maximum Gasteiger partial charge on any atom is 0.321 e. The lowest BCUT2D eigenvalue weighted by molar-refractivity contribution is -0.152. The van der Waals surface area contributed by atoms with Crippen molar-refractivity contribution in [2.45, 2.75) is 26.3 Å². The summed E-state index contributed by atoms with van der Waals surface area (Å²) in [5.74, 6) is -0.672. The van der Waals surface area contributed by atoms with E-state index in [4.69, 9.17) is 0 Å². The van der Waals surface area contributed by atoms with Gasteiger partial charge in [-0.15, -0.1) is 0 Å². The molecule has 1 fully saturated rings. The first kappa shape index (κ1) is 14.1. The average molecular weight is 326 g/mol. The smallest absolute Gasteiger partial charge is 0.321 e. The molecule has 102 valence electrons. The van der Waals surface area contributed by atoms with E-state index in [1.54, 1.807) is 0 Å². The zero-order chi connectivity index (χ0) is 14.0. The fourth-order valence-electron chi connectivity index (χ4n) is 2.02. The number of aryl methyl sites for hydroxylation is 1. The van der Waals surface area contributed by atoms with Crippen LogP contribution in [0.15, 0.2) is 22.7 Å². The quantitative estimate of drug-likeness (QED) is 0.682. The van der Waals surface area contributed by atoms with Crippen molar-refractivity contribution < 1.29 is 14.3 Å². The fourth-order valence-corrected chi connectivity index (χ4v) is 2.43. The minimum atomic E-state index is -0.936. The Labute approximate surface area is 120 Å². The highest BCUT2D eigenvalue weighted by Crippen LogP contribution is 2.46. The summed E-state index contributed by atoms with van der Waals surface area (Å²) in [6, 6.07) is 5.91. The highest BCUT2D eigenvalue weighted by molar-refractivity contribution is 9.10. The number of hydrogen-bond donors (Lipinski definition) is 1. The van der Waals surface area contributed by atoms with Gasteiger partial charge < -0.3 is 10.1 Å². The molecule has 0 aliphatic heterocycles. The zero-order valence-electron chi connectivity index (χ0n) is 11.0. The van der Waals surface area contributed by atoms with E-state index in [9.17, 15) is 9.59 Å². The second-order valence-electron chi connectivity index (χ2n) is 4.83. The second kappa shape index (κ2) is 5.33. The number of ether oxygens (including phenoxy) is 1. The molecule has 19 heavy (non-hydrogen) atoms. The number of amides is 1.